The monoisotopic (exact) mass is 189 g/mol. The van der Waals surface area contributed by atoms with E-state index in [-0.39, 0.29) is 5.95 Å². The van der Waals surface area contributed by atoms with Crippen LogP contribution in [-0.2, 0) is 9.47 Å². The fraction of sp³-hybridized carbons (Fsp3) is 0.625. The molecule has 1 amide bonds. The van der Waals surface area contributed by atoms with Crippen LogP contribution in [0.4, 0.5) is 4.79 Å². The summed E-state index contributed by atoms with van der Waals surface area (Å²) in [6.07, 6.45) is 0.366. The topological polar surface area (TPSA) is 67.8 Å². The van der Waals surface area contributed by atoms with Crippen molar-refractivity contribution in [1.82, 2.24) is 5.32 Å². The summed E-state index contributed by atoms with van der Waals surface area (Å²) in [6, 6.07) is 0. The zero-order chi connectivity index (χ0) is 10.5. The number of amides is 1. The highest BCUT2D eigenvalue weighted by molar-refractivity contribution is 5.68. The number of methoxy groups -OCH3 is 1. The number of nitrogens with one attached hydrogen (secondary N) is 1. The summed E-state index contributed by atoms with van der Waals surface area (Å²) in [7, 11) is 1.28. The fourth-order valence-corrected chi connectivity index (χ4v) is 0.487. The Kier molecular flexibility index (Phi) is 4.10. The standard InChI is InChI=1S/C8H15NO4/c1-8(2,3)13-7(11)9-5-6(10)12-4/h5,10H,1-4H3,(H,9,11)/b6-5+. The molecular weight excluding hydrogens is 174 g/mol. The highest BCUT2D eigenvalue weighted by atomic mass is 16.6. The molecule has 0 rings (SSSR count). The van der Waals surface area contributed by atoms with Gasteiger partial charge >= 0.3 is 6.09 Å². The van der Waals surface area contributed by atoms with E-state index in [2.05, 4.69) is 10.1 Å². The van der Waals surface area contributed by atoms with E-state index in [4.69, 9.17) is 9.84 Å². The van der Waals surface area contributed by atoms with Gasteiger partial charge in [0.15, 0.2) is 0 Å². The van der Waals surface area contributed by atoms with Crippen LogP contribution in [0.2, 0.25) is 0 Å². The zero-order valence-electron chi connectivity index (χ0n) is 8.25. The molecule has 0 bridgehead atoms. The molecule has 0 saturated heterocycles. The SMILES string of the molecule is CO/C(O)=C/NC(=O)OC(C)(C)C. The van der Waals surface area contributed by atoms with Gasteiger partial charge in [-0.25, -0.2) is 4.79 Å². The van der Waals surface area contributed by atoms with Crippen molar-refractivity contribution in [3.63, 3.8) is 0 Å². The molecule has 0 radical (unpaired) electrons. The first-order chi connectivity index (χ1) is 5.85. The molecule has 0 atom stereocenters. The van der Waals surface area contributed by atoms with Gasteiger partial charge in [-0.05, 0) is 20.8 Å². The minimum Gasteiger partial charge on any atom is -0.480 e. The van der Waals surface area contributed by atoms with E-state index in [0.29, 0.717) is 0 Å². The minimum absolute atomic E-state index is 0.383. The largest absolute Gasteiger partial charge is 0.480 e. The molecule has 0 fully saturated rings. The van der Waals surface area contributed by atoms with Crippen LogP contribution in [0.5, 0.6) is 0 Å². The summed E-state index contributed by atoms with van der Waals surface area (Å²) < 4.78 is 9.25. The molecule has 5 nitrogen and oxygen atoms in total. The van der Waals surface area contributed by atoms with Crippen LogP contribution in [0.25, 0.3) is 0 Å². The second kappa shape index (κ2) is 4.59. The number of carbonyl (C=O) groups is 1. The molecule has 0 aromatic carbocycles. The Hall–Kier alpha value is -1.39. The predicted octanol–water partition coefficient (Wildman–Crippen LogP) is 1.51. The normalized spacial score (nSPS) is 12.2. The molecule has 0 aliphatic heterocycles. The molecule has 0 aliphatic rings. The number of alkyl carbamates (subject to hydrolysis) is 1. The second-order valence-corrected chi connectivity index (χ2v) is 3.33. The van der Waals surface area contributed by atoms with E-state index in [9.17, 15) is 4.79 Å². The maximum Gasteiger partial charge on any atom is 0.411 e. The first kappa shape index (κ1) is 11.6. The summed E-state index contributed by atoms with van der Waals surface area (Å²) in [5.41, 5.74) is -0.555. The lowest BCUT2D eigenvalue weighted by atomic mass is 10.2. The molecule has 0 aromatic heterocycles. The van der Waals surface area contributed by atoms with E-state index in [1.807, 2.05) is 0 Å². The van der Waals surface area contributed by atoms with Crippen molar-refractivity contribution in [3.05, 3.63) is 12.1 Å². The van der Waals surface area contributed by atoms with Gasteiger partial charge in [-0.15, -0.1) is 0 Å². The third kappa shape index (κ3) is 6.99. The van der Waals surface area contributed by atoms with Gasteiger partial charge in [-0.3, -0.25) is 5.32 Å². The highest BCUT2D eigenvalue weighted by Crippen LogP contribution is 2.06. The van der Waals surface area contributed by atoms with Gasteiger partial charge in [0.2, 0.25) is 0 Å². The van der Waals surface area contributed by atoms with E-state index in [1.54, 1.807) is 20.8 Å². The highest BCUT2D eigenvalue weighted by Gasteiger charge is 2.15. The lowest BCUT2D eigenvalue weighted by molar-refractivity contribution is 0.0540. The van der Waals surface area contributed by atoms with E-state index >= 15 is 0 Å². The number of hydrogen-bond donors (Lipinski definition) is 2. The van der Waals surface area contributed by atoms with Crippen LogP contribution in [0.3, 0.4) is 0 Å². The van der Waals surface area contributed by atoms with Gasteiger partial charge in [-0.1, -0.05) is 0 Å². The summed E-state index contributed by atoms with van der Waals surface area (Å²) in [4.78, 5) is 10.9. The summed E-state index contributed by atoms with van der Waals surface area (Å²) >= 11 is 0. The molecule has 76 valence electrons. The quantitative estimate of drug-likeness (QED) is 0.646. The van der Waals surface area contributed by atoms with Crippen LogP contribution in [0.15, 0.2) is 12.1 Å². The van der Waals surface area contributed by atoms with Crippen LogP contribution < -0.4 is 5.32 Å². The molecule has 0 aromatic rings. The van der Waals surface area contributed by atoms with Crippen molar-refractivity contribution in [2.75, 3.05) is 7.11 Å². The number of rotatable bonds is 2. The Morgan fingerprint density at radius 1 is 1.46 bits per heavy atom. The summed E-state index contributed by atoms with van der Waals surface area (Å²) in [6.45, 7) is 5.23. The number of aliphatic hydroxyl groups excluding tert-OH is 1. The Labute approximate surface area is 77.3 Å². The van der Waals surface area contributed by atoms with Crippen LogP contribution in [0.1, 0.15) is 20.8 Å². The molecule has 5 heteroatoms. The van der Waals surface area contributed by atoms with Gasteiger partial charge in [0.25, 0.3) is 5.95 Å². The van der Waals surface area contributed by atoms with Gasteiger partial charge in [0, 0.05) is 0 Å². The minimum atomic E-state index is -0.643. The van der Waals surface area contributed by atoms with Crippen molar-refractivity contribution in [1.29, 1.82) is 0 Å². The molecule has 0 heterocycles. The Bertz CT molecular complexity index is 205. The molecule has 13 heavy (non-hydrogen) atoms. The maximum atomic E-state index is 10.9. The lowest BCUT2D eigenvalue weighted by Crippen LogP contribution is -2.30. The smallest absolute Gasteiger partial charge is 0.411 e. The average molecular weight is 189 g/mol. The van der Waals surface area contributed by atoms with Gasteiger partial charge in [0.1, 0.15) is 5.60 Å². The lowest BCUT2D eigenvalue weighted by Gasteiger charge is -2.18. The number of carbonyl (C=O) groups excluding carboxylic acids is 1. The van der Waals surface area contributed by atoms with Crippen LogP contribution >= 0.6 is 0 Å². The fourth-order valence-electron chi connectivity index (χ4n) is 0.487. The molecule has 0 spiro atoms. The molecule has 0 unspecified atom stereocenters. The van der Waals surface area contributed by atoms with E-state index in [1.165, 1.54) is 7.11 Å². The van der Waals surface area contributed by atoms with E-state index < -0.39 is 11.7 Å². The molecular formula is C8H15NO4. The average Bonchev–Trinajstić information content (AvgIpc) is 1.97. The summed E-state index contributed by atoms with van der Waals surface area (Å²) in [5.74, 6) is -0.383. The Balaban J connectivity index is 3.90. The van der Waals surface area contributed by atoms with Gasteiger partial charge < -0.3 is 14.6 Å². The Morgan fingerprint density at radius 3 is 2.38 bits per heavy atom. The van der Waals surface area contributed by atoms with Gasteiger partial charge in [0.05, 0.1) is 13.3 Å². The van der Waals surface area contributed by atoms with Crippen molar-refractivity contribution < 1.29 is 19.4 Å². The summed E-state index contributed by atoms with van der Waals surface area (Å²) in [5, 5.41) is 11.0. The van der Waals surface area contributed by atoms with Crippen molar-refractivity contribution in [2.24, 2.45) is 0 Å². The number of hydrogen-bond acceptors (Lipinski definition) is 4. The Morgan fingerprint density at radius 2 is 2.00 bits per heavy atom. The predicted molar refractivity (Wildman–Crippen MR) is 47.1 cm³/mol. The van der Waals surface area contributed by atoms with Crippen molar-refractivity contribution in [2.45, 2.75) is 26.4 Å². The third-order valence-corrected chi connectivity index (χ3v) is 0.922. The molecule has 0 saturated carbocycles. The molecule has 2 N–H and O–H groups in total. The first-order valence-corrected chi connectivity index (χ1v) is 3.78. The molecule has 0 aliphatic carbocycles. The van der Waals surface area contributed by atoms with Crippen LogP contribution in [0, 0.1) is 0 Å². The van der Waals surface area contributed by atoms with Crippen molar-refractivity contribution in [3.8, 4) is 0 Å². The zero-order valence-corrected chi connectivity index (χ0v) is 8.25. The second-order valence-electron chi connectivity index (χ2n) is 3.33. The van der Waals surface area contributed by atoms with Gasteiger partial charge in [-0.2, -0.15) is 0 Å². The van der Waals surface area contributed by atoms with Crippen molar-refractivity contribution >= 4 is 6.09 Å². The third-order valence-electron chi connectivity index (χ3n) is 0.922. The first-order valence-electron chi connectivity index (χ1n) is 3.78. The maximum absolute atomic E-state index is 10.9. The van der Waals surface area contributed by atoms with Crippen LogP contribution in [-0.4, -0.2) is 23.9 Å². The number of aliphatic hydroxyl groups is 1. The van der Waals surface area contributed by atoms with E-state index in [0.717, 1.165) is 6.20 Å². The number of ether oxygens (including phenoxy) is 2.